The number of benzene rings is 3. The highest BCUT2D eigenvalue weighted by molar-refractivity contribution is 6.35. The number of ether oxygens (including phenoxy) is 1. The molecule has 172 valence electrons. The molecule has 0 spiro atoms. The molecule has 0 saturated heterocycles. The van der Waals surface area contributed by atoms with E-state index in [-0.39, 0.29) is 19.1 Å². The molecule has 0 aromatic heterocycles. The lowest BCUT2D eigenvalue weighted by Crippen LogP contribution is -2.51. The molecule has 0 aliphatic rings. The van der Waals surface area contributed by atoms with Crippen LogP contribution in [-0.4, -0.2) is 36.4 Å². The predicted molar refractivity (Wildman–Crippen MR) is 127 cm³/mol. The molecule has 0 aliphatic heterocycles. The zero-order chi connectivity index (χ0) is 23.8. The average molecular weight is 489 g/mol. The van der Waals surface area contributed by atoms with Crippen molar-refractivity contribution < 1.29 is 18.7 Å². The Morgan fingerprint density at radius 2 is 1.73 bits per heavy atom. The van der Waals surface area contributed by atoms with Gasteiger partial charge in [-0.25, -0.2) is 4.39 Å². The Morgan fingerprint density at radius 3 is 2.36 bits per heavy atom. The third kappa shape index (κ3) is 6.94. The van der Waals surface area contributed by atoms with Gasteiger partial charge in [-0.15, -0.1) is 0 Å². The number of hydrogen-bond acceptors (Lipinski definition) is 3. The molecule has 1 unspecified atom stereocenters. The molecular weight excluding hydrogens is 466 g/mol. The summed E-state index contributed by atoms with van der Waals surface area (Å²) in [5.74, 6) is -0.807. The molecule has 8 heteroatoms. The van der Waals surface area contributed by atoms with Gasteiger partial charge in [-0.2, -0.15) is 0 Å². The highest BCUT2D eigenvalue weighted by Gasteiger charge is 2.30. The predicted octanol–water partition coefficient (Wildman–Crippen LogP) is 4.90. The molecule has 0 bridgehead atoms. The van der Waals surface area contributed by atoms with Crippen molar-refractivity contribution in [3.63, 3.8) is 0 Å². The smallest absolute Gasteiger partial charge is 0.261 e. The molecule has 0 radical (unpaired) electrons. The summed E-state index contributed by atoms with van der Waals surface area (Å²) < 4.78 is 18.7. The van der Waals surface area contributed by atoms with Gasteiger partial charge in [-0.1, -0.05) is 59.6 Å². The van der Waals surface area contributed by atoms with Crippen LogP contribution in [0.5, 0.6) is 5.75 Å². The summed E-state index contributed by atoms with van der Waals surface area (Å²) in [5.41, 5.74) is 1.53. The molecule has 0 saturated carbocycles. The monoisotopic (exact) mass is 488 g/mol. The van der Waals surface area contributed by atoms with Crippen LogP contribution in [0, 0.1) is 5.82 Å². The second kappa shape index (κ2) is 11.7. The first-order chi connectivity index (χ1) is 15.9. The number of carbonyl (C=O) groups excluding carboxylic acids is 2. The zero-order valence-electron chi connectivity index (χ0n) is 17.9. The molecule has 0 aliphatic carbocycles. The largest absolute Gasteiger partial charge is 0.484 e. The molecule has 1 atom stereocenters. The van der Waals surface area contributed by atoms with Gasteiger partial charge in [-0.05, 0) is 47.5 Å². The van der Waals surface area contributed by atoms with Crippen molar-refractivity contribution in [2.45, 2.75) is 19.0 Å². The molecule has 0 heterocycles. The molecule has 3 aromatic carbocycles. The van der Waals surface area contributed by atoms with Gasteiger partial charge in [0.15, 0.2) is 6.61 Å². The van der Waals surface area contributed by atoms with Crippen molar-refractivity contribution in [3.8, 4) is 5.75 Å². The van der Waals surface area contributed by atoms with Gasteiger partial charge in [0.1, 0.15) is 17.6 Å². The minimum atomic E-state index is -0.812. The van der Waals surface area contributed by atoms with E-state index >= 15 is 0 Å². The molecular formula is C25H23Cl2FN2O3. The summed E-state index contributed by atoms with van der Waals surface area (Å²) in [5, 5.41) is 3.49. The lowest BCUT2D eigenvalue weighted by Gasteiger charge is -2.31. The summed E-state index contributed by atoms with van der Waals surface area (Å²) in [7, 11) is 1.52. The normalized spacial score (nSPS) is 11.5. The number of halogens is 3. The van der Waals surface area contributed by atoms with E-state index in [1.54, 1.807) is 18.2 Å². The van der Waals surface area contributed by atoms with Gasteiger partial charge in [0.25, 0.3) is 5.91 Å². The Morgan fingerprint density at radius 1 is 1.03 bits per heavy atom. The first kappa shape index (κ1) is 24.6. The van der Waals surface area contributed by atoms with Gasteiger partial charge >= 0.3 is 0 Å². The van der Waals surface area contributed by atoms with Gasteiger partial charge < -0.3 is 15.0 Å². The number of hydrogen-bond donors (Lipinski definition) is 1. The first-order valence-corrected chi connectivity index (χ1v) is 11.0. The van der Waals surface area contributed by atoms with E-state index in [4.69, 9.17) is 27.9 Å². The summed E-state index contributed by atoms with van der Waals surface area (Å²) in [6, 6.07) is 18.9. The van der Waals surface area contributed by atoms with E-state index in [2.05, 4.69) is 5.32 Å². The molecule has 2 amide bonds. The number of carbonyl (C=O) groups is 2. The van der Waals surface area contributed by atoms with Crippen molar-refractivity contribution in [1.82, 2.24) is 10.2 Å². The van der Waals surface area contributed by atoms with E-state index < -0.39 is 17.8 Å². The molecule has 1 N–H and O–H groups in total. The highest BCUT2D eigenvalue weighted by Crippen LogP contribution is 2.24. The first-order valence-electron chi connectivity index (χ1n) is 10.2. The van der Waals surface area contributed by atoms with Gasteiger partial charge in [0.2, 0.25) is 5.91 Å². The lowest BCUT2D eigenvalue weighted by molar-refractivity contribution is -0.142. The average Bonchev–Trinajstić information content (AvgIpc) is 2.82. The standard InChI is InChI=1S/C25H23Cl2FN2O3/c1-29-25(32)23(13-17-5-3-2-4-6-17)30(15-18-7-8-19(26)14-22(18)27)24(31)16-33-21-11-9-20(28)10-12-21/h2-12,14,23H,13,15-16H2,1H3,(H,29,32). The number of nitrogens with zero attached hydrogens (tertiary/aromatic N) is 1. The topological polar surface area (TPSA) is 58.6 Å². The van der Waals surface area contributed by atoms with E-state index in [0.29, 0.717) is 27.8 Å². The fourth-order valence-corrected chi connectivity index (χ4v) is 3.78. The summed E-state index contributed by atoms with van der Waals surface area (Å²) in [6.45, 7) is -0.258. The number of likely N-dealkylation sites (N-methyl/N-ethyl adjacent to an activating group) is 1. The zero-order valence-corrected chi connectivity index (χ0v) is 19.4. The van der Waals surface area contributed by atoms with Crippen LogP contribution in [0.2, 0.25) is 10.0 Å². The summed E-state index contributed by atoms with van der Waals surface area (Å²) in [6.07, 6.45) is 0.300. The van der Waals surface area contributed by atoms with Gasteiger partial charge in [-0.3, -0.25) is 9.59 Å². The van der Waals surface area contributed by atoms with Gasteiger partial charge in [0.05, 0.1) is 0 Å². The Hall–Kier alpha value is -3.09. The maximum atomic E-state index is 13.3. The maximum Gasteiger partial charge on any atom is 0.261 e. The van der Waals surface area contributed by atoms with Crippen LogP contribution in [-0.2, 0) is 22.6 Å². The van der Waals surface area contributed by atoms with Crippen molar-refractivity contribution >= 4 is 35.0 Å². The molecule has 5 nitrogen and oxygen atoms in total. The van der Waals surface area contributed by atoms with E-state index in [9.17, 15) is 14.0 Å². The molecule has 33 heavy (non-hydrogen) atoms. The minimum Gasteiger partial charge on any atom is -0.484 e. The maximum absolute atomic E-state index is 13.3. The van der Waals surface area contributed by atoms with Crippen LogP contribution in [0.1, 0.15) is 11.1 Å². The Balaban J connectivity index is 1.89. The Kier molecular flexibility index (Phi) is 8.69. The summed E-state index contributed by atoms with van der Waals surface area (Å²) in [4.78, 5) is 27.6. The fourth-order valence-electron chi connectivity index (χ4n) is 3.31. The van der Waals surface area contributed by atoms with Crippen LogP contribution in [0.25, 0.3) is 0 Å². The van der Waals surface area contributed by atoms with Crippen molar-refractivity contribution in [3.05, 3.63) is 99.8 Å². The highest BCUT2D eigenvalue weighted by atomic mass is 35.5. The second-order valence-corrected chi connectivity index (χ2v) is 8.16. The van der Waals surface area contributed by atoms with E-state index in [1.807, 2.05) is 30.3 Å². The van der Waals surface area contributed by atoms with Crippen LogP contribution in [0.3, 0.4) is 0 Å². The number of nitrogens with one attached hydrogen (secondary N) is 1. The number of rotatable bonds is 9. The quantitative estimate of drug-likeness (QED) is 0.466. The third-order valence-corrected chi connectivity index (χ3v) is 5.64. The van der Waals surface area contributed by atoms with E-state index in [0.717, 1.165) is 5.56 Å². The summed E-state index contributed by atoms with van der Waals surface area (Å²) >= 11 is 12.4. The molecule has 3 rings (SSSR count). The Bertz CT molecular complexity index is 1090. The van der Waals surface area contributed by atoms with Crippen molar-refractivity contribution in [2.75, 3.05) is 13.7 Å². The van der Waals surface area contributed by atoms with Crippen LogP contribution < -0.4 is 10.1 Å². The second-order valence-electron chi connectivity index (χ2n) is 7.32. The van der Waals surface area contributed by atoms with Crippen molar-refractivity contribution in [2.24, 2.45) is 0 Å². The Labute approximate surface area is 202 Å². The minimum absolute atomic E-state index is 0.0759. The van der Waals surface area contributed by atoms with Crippen molar-refractivity contribution in [1.29, 1.82) is 0 Å². The molecule has 3 aromatic rings. The fraction of sp³-hybridized carbons (Fsp3) is 0.200. The lowest BCUT2D eigenvalue weighted by atomic mass is 10.0. The molecule has 0 fully saturated rings. The third-order valence-electron chi connectivity index (χ3n) is 5.05. The SMILES string of the molecule is CNC(=O)C(Cc1ccccc1)N(Cc1ccc(Cl)cc1Cl)C(=O)COc1ccc(F)cc1. The van der Waals surface area contributed by atoms with Crippen LogP contribution in [0.15, 0.2) is 72.8 Å². The van der Waals surface area contributed by atoms with Crippen LogP contribution >= 0.6 is 23.2 Å². The van der Waals surface area contributed by atoms with E-state index in [1.165, 1.54) is 36.2 Å². The number of amides is 2. The van der Waals surface area contributed by atoms with Gasteiger partial charge in [0, 0.05) is 30.1 Å². The van der Waals surface area contributed by atoms with Crippen LogP contribution in [0.4, 0.5) is 4.39 Å².